The van der Waals surface area contributed by atoms with Gasteiger partial charge in [-0.2, -0.15) is 0 Å². The van der Waals surface area contributed by atoms with Gasteiger partial charge in [-0.05, 0) is 62.6 Å². The summed E-state index contributed by atoms with van der Waals surface area (Å²) in [6, 6.07) is 10.1. The number of ketones is 1. The van der Waals surface area contributed by atoms with Gasteiger partial charge in [-0.1, -0.05) is 23.8 Å². The highest BCUT2D eigenvalue weighted by Crippen LogP contribution is 2.16. The van der Waals surface area contributed by atoms with Gasteiger partial charge in [-0.3, -0.25) is 9.59 Å². The molecule has 27 heavy (non-hydrogen) atoms. The first-order valence-electron chi connectivity index (χ1n) is 8.66. The zero-order valence-corrected chi connectivity index (χ0v) is 16.9. The van der Waals surface area contributed by atoms with Crippen molar-refractivity contribution in [2.45, 2.75) is 39.0 Å². The van der Waals surface area contributed by atoms with E-state index in [1.807, 2.05) is 33.8 Å². The van der Waals surface area contributed by atoms with Crippen LogP contribution in [0.1, 0.15) is 39.0 Å². The molecule has 0 heterocycles. The number of esters is 1. The Labute approximate surface area is 160 Å². The Balaban J connectivity index is 1.92. The molecule has 5 nitrogen and oxygen atoms in total. The van der Waals surface area contributed by atoms with Crippen LogP contribution < -0.4 is 0 Å². The molecule has 0 bridgehead atoms. The molecular formula is C21H24O5S. The molecule has 0 radical (unpaired) electrons. The molecule has 144 valence electrons. The number of ether oxygens (including phenoxy) is 1. The molecule has 0 aliphatic carbocycles. The molecule has 0 fully saturated rings. The maximum Gasteiger partial charge on any atom is 0.307 e. The fourth-order valence-electron chi connectivity index (χ4n) is 2.64. The average Bonchev–Trinajstić information content (AvgIpc) is 2.61. The average molecular weight is 388 g/mol. The lowest BCUT2D eigenvalue weighted by Crippen LogP contribution is -2.18. The second-order valence-electron chi connectivity index (χ2n) is 6.72. The number of benzene rings is 2. The summed E-state index contributed by atoms with van der Waals surface area (Å²) in [4.78, 5) is 24.3. The first-order chi connectivity index (χ1) is 12.6. The van der Waals surface area contributed by atoms with Crippen LogP contribution in [0.3, 0.4) is 0 Å². The minimum Gasteiger partial charge on any atom is -0.457 e. The van der Waals surface area contributed by atoms with Crippen LogP contribution in [0.2, 0.25) is 0 Å². The standard InChI is InChI=1S/C21H24O5S/c1-14-5-7-18(8-6-14)27(24,25)10-9-21(23)26-13-20(22)19-12-16(3)15(2)11-17(19)4/h5-8,11-12H,9-10,13H2,1-4H3. The summed E-state index contributed by atoms with van der Waals surface area (Å²) < 4.78 is 29.5. The summed E-state index contributed by atoms with van der Waals surface area (Å²) in [6.45, 7) is 7.17. The number of aryl methyl sites for hydroxylation is 4. The van der Waals surface area contributed by atoms with Gasteiger partial charge in [0.1, 0.15) is 0 Å². The van der Waals surface area contributed by atoms with E-state index < -0.39 is 22.4 Å². The van der Waals surface area contributed by atoms with E-state index in [-0.39, 0.29) is 22.9 Å². The quantitative estimate of drug-likeness (QED) is 0.536. The summed E-state index contributed by atoms with van der Waals surface area (Å²) in [6.07, 6.45) is -0.296. The lowest BCUT2D eigenvalue weighted by molar-refractivity contribution is -0.142. The first kappa shape index (κ1) is 20.8. The van der Waals surface area contributed by atoms with Gasteiger partial charge >= 0.3 is 5.97 Å². The highest BCUT2D eigenvalue weighted by molar-refractivity contribution is 7.91. The van der Waals surface area contributed by atoms with Crippen LogP contribution in [0, 0.1) is 27.7 Å². The van der Waals surface area contributed by atoms with Crippen LogP contribution in [0.4, 0.5) is 0 Å². The predicted molar refractivity (Wildman–Crippen MR) is 104 cm³/mol. The Morgan fingerprint density at radius 1 is 0.889 bits per heavy atom. The summed E-state index contributed by atoms with van der Waals surface area (Å²) in [5.41, 5.74) is 4.36. The van der Waals surface area contributed by atoms with E-state index in [1.54, 1.807) is 18.2 Å². The van der Waals surface area contributed by atoms with Crippen LogP contribution in [-0.4, -0.2) is 32.5 Å². The van der Waals surface area contributed by atoms with Crippen molar-refractivity contribution in [1.82, 2.24) is 0 Å². The monoisotopic (exact) mass is 388 g/mol. The molecule has 0 aliphatic rings. The number of hydrogen-bond donors (Lipinski definition) is 0. The van der Waals surface area contributed by atoms with Crippen molar-refractivity contribution in [2.24, 2.45) is 0 Å². The van der Waals surface area contributed by atoms with Crippen LogP contribution in [0.15, 0.2) is 41.3 Å². The Kier molecular flexibility index (Phi) is 6.54. The molecule has 0 atom stereocenters. The molecule has 6 heteroatoms. The molecule has 0 saturated carbocycles. The van der Waals surface area contributed by atoms with Crippen molar-refractivity contribution in [3.05, 3.63) is 64.2 Å². The maximum absolute atomic E-state index is 12.3. The van der Waals surface area contributed by atoms with Crippen molar-refractivity contribution in [1.29, 1.82) is 0 Å². The third kappa shape index (κ3) is 5.50. The molecule has 2 aromatic carbocycles. The highest BCUT2D eigenvalue weighted by Gasteiger charge is 2.18. The molecule has 2 aromatic rings. The van der Waals surface area contributed by atoms with Crippen molar-refractivity contribution in [2.75, 3.05) is 12.4 Å². The Hall–Kier alpha value is -2.47. The van der Waals surface area contributed by atoms with Crippen molar-refractivity contribution in [3.63, 3.8) is 0 Å². The van der Waals surface area contributed by atoms with Gasteiger partial charge < -0.3 is 4.74 Å². The fourth-order valence-corrected chi connectivity index (χ4v) is 3.86. The van der Waals surface area contributed by atoms with Crippen molar-refractivity contribution in [3.8, 4) is 0 Å². The number of hydrogen-bond acceptors (Lipinski definition) is 5. The Bertz CT molecular complexity index is 957. The number of carbonyl (C=O) groups is 2. The van der Waals surface area contributed by atoms with E-state index >= 15 is 0 Å². The van der Waals surface area contributed by atoms with Gasteiger partial charge in [-0.25, -0.2) is 8.42 Å². The third-order valence-corrected chi connectivity index (χ3v) is 6.19. The van der Waals surface area contributed by atoms with E-state index in [9.17, 15) is 18.0 Å². The van der Waals surface area contributed by atoms with Gasteiger partial charge in [0.25, 0.3) is 0 Å². The largest absolute Gasteiger partial charge is 0.457 e. The van der Waals surface area contributed by atoms with E-state index in [1.165, 1.54) is 12.1 Å². The smallest absolute Gasteiger partial charge is 0.307 e. The van der Waals surface area contributed by atoms with Crippen LogP contribution >= 0.6 is 0 Å². The van der Waals surface area contributed by atoms with Crippen molar-refractivity contribution < 1.29 is 22.7 Å². The third-order valence-electron chi connectivity index (χ3n) is 4.46. The molecular weight excluding hydrogens is 364 g/mol. The summed E-state index contributed by atoms with van der Waals surface area (Å²) >= 11 is 0. The van der Waals surface area contributed by atoms with Gasteiger partial charge in [0.15, 0.2) is 16.4 Å². The molecule has 0 unspecified atom stereocenters. The first-order valence-corrected chi connectivity index (χ1v) is 10.3. The molecule has 0 spiro atoms. The minimum absolute atomic E-state index is 0.169. The molecule has 0 amide bonds. The van der Waals surface area contributed by atoms with Crippen molar-refractivity contribution >= 4 is 21.6 Å². The summed E-state index contributed by atoms with van der Waals surface area (Å²) in [5, 5.41) is 0. The fraction of sp³-hybridized carbons (Fsp3) is 0.333. The highest BCUT2D eigenvalue weighted by atomic mass is 32.2. The van der Waals surface area contributed by atoms with E-state index in [4.69, 9.17) is 4.74 Å². The van der Waals surface area contributed by atoms with Crippen LogP contribution in [0.25, 0.3) is 0 Å². The molecule has 0 aromatic heterocycles. The summed E-state index contributed by atoms with van der Waals surface area (Å²) in [7, 11) is -3.57. The maximum atomic E-state index is 12.3. The number of rotatable bonds is 7. The van der Waals surface area contributed by atoms with Crippen LogP contribution in [-0.2, 0) is 19.4 Å². The molecule has 2 rings (SSSR count). The second-order valence-corrected chi connectivity index (χ2v) is 8.83. The zero-order chi connectivity index (χ0) is 20.2. The summed E-state index contributed by atoms with van der Waals surface area (Å²) in [5.74, 6) is -1.36. The van der Waals surface area contributed by atoms with Crippen LogP contribution in [0.5, 0.6) is 0 Å². The normalized spacial score (nSPS) is 11.3. The van der Waals surface area contributed by atoms with E-state index in [0.717, 1.165) is 22.3 Å². The van der Waals surface area contributed by atoms with Gasteiger partial charge in [0.2, 0.25) is 5.78 Å². The lowest BCUT2D eigenvalue weighted by Gasteiger charge is -2.10. The van der Waals surface area contributed by atoms with E-state index in [2.05, 4.69) is 0 Å². The number of sulfone groups is 1. The van der Waals surface area contributed by atoms with Gasteiger partial charge in [-0.15, -0.1) is 0 Å². The molecule has 0 N–H and O–H groups in total. The predicted octanol–water partition coefficient (Wildman–Crippen LogP) is 3.51. The zero-order valence-electron chi connectivity index (χ0n) is 16.0. The SMILES string of the molecule is Cc1ccc(S(=O)(=O)CCC(=O)OCC(=O)c2cc(C)c(C)cc2C)cc1. The van der Waals surface area contributed by atoms with E-state index in [0.29, 0.717) is 5.56 Å². The Morgan fingerprint density at radius 2 is 1.48 bits per heavy atom. The Morgan fingerprint density at radius 3 is 2.11 bits per heavy atom. The van der Waals surface area contributed by atoms with Gasteiger partial charge in [0.05, 0.1) is 17.1 Å². The topological polar surface area (TPSA) is 77.5 Å². The number of Topliss-reactive ketones (excluding diaryl/α,β-unsaturated/α-hetero) is 1. The minimum atomic E-state index is -3.57. The lowest BCUT2D eigenvalue weighted by atomic mass is 9.98. The second kappa shape index (κ2) is 8.48. The molecule has 0 aliphatic heterocycles. The van der Waals surface area contributed by atoms with Gasteiger partial charge in [0, 0.05) is 5.56 Å². The molecule has 0 saturated heterocycles. The number of carbonyl (C=O) groups excluding carboxylic acids is 2.